The number of aryl methyl sites for hydroxylation is 1. The fraction of sp³-hybridized carbons (Fsp3) is 0.400. The fourth-order valence-electron chi connectivity index (χ4n) is 1.60. The molecule has 1 aromatic rings. The van der Waals surface area contributed by atoms with Gasteiger partial charge in [-0.2, -0.15) is 0 Å². The average molecular weight is 274 g/mol. The highest BCUT2D eigenvalue weighted by molar-refractivity contribution is 9.10. The first-order chi connectivity index (χ1) is 6.72. The number of hydrogen-bond acceptors (Lipinski definition) is 3. The first kappa shape index (κ1) is 10.5. The van der Waals surface area contributed by atoms with E-state index in [-0.39, 0.29) is 12.6 Å². The van der Waals surface area contributed by atoms with Crippen LogP contribution in [-0.4, -0.2) is 17.5 Å². The van der Waals surface area contributed by atoms with Crippen LogP contribution >= 0.6 is 27.7 Å². The summed E-state index contributed by atoms with van der Waals surface area (Å²) in [5.41, 5.74) is 8.14. The van der Waals surface area contributed by atoms with Crippen molar-refractivity contribution >= 4 is 27.7 Å². The molecule has 1 aliphatic heterocycles. The maximum Gasteiger partial charge on any atom is 0.0624 e. The number of benzene rings is 1. The van der Waals surface area contributed by atoms with Crippen LogP contribution in [0.2, 0.25) is 0 Å². The molecule has 0 amide bonds. The zero-order valence-corrected chi connectivity index (χ0v) is 10.1. The minimum atomic E-state index is -0.262. The smallest absolute Gasteiger partial charge is 0.0624 e. The van der Waals surface area contributed by atoms with Crippen LogP contribution in [0.3, 0.4) is 0 Å². The van der Waals surface area contributed by atoms with Crippen molar-refractivity contribution in [3.8, 4) is 0 Å². The first-order valence-corrected chi connectivity index (χ1v) is 6.32. The molecule has 0 bridgehead atoms. The van der Waals surface area contributed by atoms with Crippen molar-refractivity contribution in [1.82, 2.24) is 0 Å². The van der Waals surface area contributed by atoms with Gasteiger partial charge in [-0.3, -0.25) is 0 Å². The van der Waals surface area contributed by atoms with E-state index in [0.29, 0.717) is 0 Å². The molecule has 0 aliphatic carbocycles. The van der Waals surface area contributed by atoms with Crippen molar-refractivity contribution < 1.29 is 5.11 Å². The normalized spacial score (nSPS) is 16.8. The summed E-state index contributed by atoms with van der Waals surface area (Å²) in [5, 5.41) is 8.98. The third-order valence-corrected chi connectivity index (χ3v) is 4.45. The predicted molar refractivity (Wildman–Crippen MR) is 62.6 cm³/mol. The zero-order chi connectivity index (χ0) is 10.1. The van der Waals surface area contributed by atoms with E-state index in [1.165, 1.54) is 10.5 Å². The maximum atomic E-state index is 8.98. The molecule has 1 atom stereocenters. The van der Waals surface area contributed by atoms with E-state index in [1.54, 1.807) is 0 Å². The lowest BCUT2D eigenvalue weighted by Gasteiger charge is -2.11. The van der Waals surface area contributed by atoms with Gasteiger partial charge in [0.15, 0.2) is 0 Å². The Hall–Kier alpha value is -0.0300. The highest BCUT2D eigenvalue weighted by atomic mass is 79.9. The number of fused-ring (bicyclic) bond motifs is 1. The number of thioether (sulfide) groups is 1. The number of halogens is 1. The van der Waals surface area contributed by atoms with E-state index in [0.717, 1.165) is 22.2 Å². The number of nitrogens with two attached hydrogens (primary N) is 1. The number of aliphatic hydroxyl groups excluding tert-OH is 1. The van der Waals surface area contributed by atoms with Gasteiger partial charge in [-0.25, -0.2) is 0 Å². The molecule has 1 aromatic carbocycles. The summed E-state index contributed by atoms with van der Waals surface area (Å²) in [6.07, 6.45) is 1.10. The molecule has 2 rings (SSSR count). The van der Waals surface area contributed by atoms with Crippen LogP contribution in [0.15, 0.2) is 21.5 Å². The van der Waals surface area contributed by atoms with E-state index in [2.05, 4.69) is 22.0 Å². The van der Waals surface area contributed by atoms with Gasteiger partial charge in [0.1, 0.15) is 0 Å². The topological polar surface area (TPSA) is 46.2 Å². The molecule has 0 aromatic heterocycles. The molecule has 0 saturated carbocycles. The van der Waals surface area contributed by atoms with Gasteiger partial charge < -0.3 is 10.8 Å². The average Bonchev–Trinajstić information content (AvgIpc) is 2.64. The Morgan fingerprint density at radius 3 is 3.07 bits per heavy atom. The quantitative estimate of drug-likeness (QED) is 0.868. The largest absolute Gasteiger partial charge is 0.394 e. The molecule has 14 heavy (non-hydrogen) atoms. The Balaban J connectivity index is 2.41. The second kappa shape index (κ2) is 4.23. The molecule has 0 radical (unpaired) electrons. The van der Waals surface area contributed by atoms with Gasteiger partial charge >= 0.3 is 0 Å². The van der Waals surface area contributed by atoms with Crippen molar-refractivity contribution in [3.63, 3.8) is 0 Å². The minimum Gasteiger partial charge on any atom is -0.394 e. The van der Waals surface area contributed by atoms with Crippen LogP contribution in [0.1, 0.15) is 17.2 Å². The molecule has 0 saturated heterocycles. The Bertz CT molecular complexity index is 356. The summed E-state index contributed by atoms with van der Waals surface area (Å²) in [6.45, 7) is -0.00162. The summed E-state index contributed by atoms with van der Waals surface area (Å²) in [5.74, 6) is 1.14. The predicted octanol–water partition coefficient (Wildman–Crippen LogP) is 2.09. The minimum absolute atomic E-state index is 0.00162. The van der Waals surface area contributed by atoms with Crippen LogP contribution in [0.25, 0.3) is 0 Å². The van der Waals surface area contributed by atoms with E-state index < -0.39 is 0 Å². The standard InChI is InChI=1S/C10H12BrNOS/c11-8-4-7(9(12)5-13)3-6-1-2-14-10(6)8/h3-4,9,13H,1-2,5,12H2. The fourth-order valence-corrected chi connectivity index (χ4v) is 3.54. The van der Waals surface area contributed by atoms with E-state index in [9.17, 15) is 0 Å². The highest BCUT2D eigenvalue weighted by Gasteiger charge is 2.17. The first-order valence-electron chi connectivity index (χ1n) is 4.54. The molecule has 4 heteroatoms. The Kier molecular flexibility index (Phi) is 3.17. The summed E-state index contributed by atoms with van der Waals surface area (Å²) < 4.78 is 1.11. The second-order valence-corrected chi connectivity index (χ2v) is 5.34. The van der Waals surface area contributed by atoms with Gasteiger partial charge in [-0.05, 0) is 39.5 Å². The van der Waals surface area contributed by atoms with Gasteiger partial charge in [0.2, 0.25) is 0 Å². The molecular formula is C10H12BrNOS. The van der Waals surface area contributed by atoms with Gasteiger partial charge in [-0.15, -0.1) is 11.8 Å². The molecular weight excluding hydrogens is 262 g/mol. The summed E-state index contributed by atoms with van der Waals surface area (Å²) in [7, 11) is 0. The van der Waals surface area contributed by atoms with Gasteiger partial charge in [-0.1, -0.05) is 6.07 Å². The number of aliphatic hydroxyl groups is 1. The number of rotatable bonds is 2. The summed E-state index contributed by atoms with van der Waals surface area (Å²) in [4.78, 5) is 1.33. The van der Waals surface area contributed by atoms with Crippen LogP contribution in [-0.2, 0) is 6.42 Å². The summed E-state index contributed by atoms with van der Waals surface area (Å²) in [6, 6.07) is 3.86. The van der Waals surface area contributed by atoms with Gasteiger partial charge in [0.25, 0.3) is 0 Å². The van der Waals surface area contributed by atoms with Crippen molar-refractivity contribution in [1.29, 1.82) is 0 Å². The van der Waals surface area contributed by atoms with Crippen LogP contribution in [0.5, 0.6) is 0 Å². The van der Waals surface area contributed by atoms with Crippen LogP contribution in [0, 0.1) is 0 Å². The lowest BCUT2D eigenvalue weighted by atomic mass is 10.0. The van der Waals surface area contributed by atoms with Gasteiger partial charge in [0.05, 0.1) is 12.6 Å². The van der Waals surface area contributed by atoms with E-state index in [1.807, 2.05) is 17.8 Å². The molecule has 0 spiro atoms. The second-order valence-electron chi connectivity index (χ2n) is 3.38. The van der Waals surface area contributed by atoms with Crippen molar-refractivity contribution in [2.75, 3.05) is 12.4 Å². The maximum absolute atomic E-state index is 8.98. The van der Waals surface area contributed by atoms with E-state index in [4.69, 9.17) is 10.8 Å². The molecule has 0 fully saturated rings. The molecule has 1 aliphatic rings. The highest BCUT2D eigenvalue weighted by Crippen LogP contribution is 2.38. The lowest BCUT2D eigenvalue weighted by molar-refractivity contribution is 0.268. The third-order valence-electron chi connectivity index (χ3n) is 2.39. The molecule has 1 unspecified atom stereocenters. The van der Waals surface area contributed by atoms with Crippen LogP contribution in [0.4, 0.5) is 0 Å². The molecule has 2 nitrogen and oxygen atoms in total. The Morgan fingerprint density at radius 2 is 2.36 bits per heavy atom. The SMILES string of the molecule is NC(CO)c1cc(Br)c2c(c1)CCS2. The Labute approximate surface area is 96.0 Å². The molecule has 3 N–H and O–H groups in total. The third kappa shape index (κ3) is 1.84. The number of hydrogen-bond donors (Lipinski definition) is 2. The zero-order valence-electron chi connectivity index (χ0n) is 7.66. The molecule has 1 heterocycles. The van der Waals surface area contributed by atoms with Crippen molar-refractivity contribution in [3.05, 3.63) is 27.7 Å². The lowest BCUT2D eigenvalue weighted by Crippen LogP contribution is -2.14. The van der Waals surface area contributed by atoms with Gasteiger partial charge in [0, 0.05) is 15.1 Å². The van der Waals surface area contributed by atoms with Crippen molar-refractivity contribution in [2.45, 2.75) is 17.4 Å². The summed E-state index contributed by atoms with van der Waals surface area (Å²) >= 11 is 5.41. The Morgan fingerprint density at radius 1 is 1.57 bits per heavy atom. The van der Waals surface area contributed by atoms with Crippen molar-refractivity contribution in [2.24, 2.45) is 5.73 Å². The van der Waals surface area contributed by atoms with E-state index >= 15 is 0 Å². The molecule has 76 valence electrons. The monoisotopic (exact) mass is 273 g/mol. The van der Waals surface area contributed by atoms with Crippen LogP contribution < -0.4 is 5.73 Å².